The molecule has 1 aliphatic heterocycles. The Morgan fingerprint density at radius 1 is 1.42 bits per heavy atom. The van der Waals surface area contributed by atoms with Crippen molar-refractivity contribution in [1.29, 1.82) is 0 Å². The molecule has 1 saturated heterocycles. The summed E-state index contributed by atoms with van der Waals surface area (Å²) in [6.07, 6.45) is 2.18. The van der Waals surface area contributed by atoms with Crippen molar-refractivity contribution in [2.24, 2.45) is 11.7 Å². The van der Waals surface area contributed by atoms with E-state index in [4.69, 9.17) is 5.73 Å². The Balaban J connectivity index is 2.02. The average Bonchev–Trinajstić information content (AvgIpc) is 2.80. The predicted octanol–water partition coefficient (Wildman–Crippen LogP) is 2.39. The molecule has 0 spiro atoms. The van der Waals surface area contributed by atoms with E-state index in [1.165, 1.54) is 11.3 Å². The molecule has 0 aromatic carbocycles. The van der Waals surface area contributed by atoms with Crippen LogP contribution < -0.4 is 10.5 Å². The van der Waals surface area contributed by atoms with Gasteiger partial charge in [0.25, 0.3) is 0 Å². The number of hydrogen-bond donors (Lipinski definition) is 2. The lowest BCUT2D eigenvalue weighted by molar-refractivity contribution is 0.476. The zero-order chi connectivity index (χ0) is 13.9. The van der Waals surface area contributed by atoms with Gasteiger partial charge < -0.3 is 5.73 Å². The van der Waals surface area contributed by atoms with Gasteiger partial charge in [-0.25, -0.2) is 13.1 Å². The summed E-state index contributed by atoms with van der Waals surface area (Å²) in [5.74, 6) is 2.72. The molecule has 0 saturated carbocycles. The molecule has 0 aliphatic carbocycles. The second kappa shape index (κ2) is 6.91. The molecular weight excluding hydrogens is 368 g/mol. The van der Waals surface area contributed by atoms with Crippen molar-refractivity contribution >= 4 is 49.1 Å². The quantitative estimate of drug-likeness (QED) is 0.817. The minimum atomic E-state index is -3.43. The standard InChI is InChI=1S/C11H17BrN2O2S3/c12-11-10(5-9(6-13)18-11)19(15,16)14-7-8-1-3-17-4-2-8/h5,8,14H,1-4,6-7,13H2. The van der Waals surface area contributed by atoms with Crippen molar-refractivity contribution < 1.29 is 8.42 Å². The molecule has 0 atom stereocenters. The molecule has 0 radical (unpaired) electrons. The Bertz CT molecular complexity index is 524. The van der Waals surface area contributed by atoms with Gasteiger partial charge in [-0.2, -0.15) is 11.8 Å². The first-order chi connectivity index (χ1) is 9.03. The maximum absolute atomic E-state index is 12.2. The lowest BCUT2D eigenvalue weighted by Gasteiger charge is -2.21. The number of nitrogens with two attached hydrogens (primary N) is 1. The highest BCUT2D eigenvalue weighted by Crippen LogP contribution is 2.31. The maximum atomic E-state index is 12.2. The number of halogens is 1. The molecule has 19 heavy (non-hydrogen) atoms. The molecule has 0 bridgehead atoms. The third-order valence-electron chi connectivity index (χ3n) is 3.10. The number of thiophene rings is 1. The van der Waals surface area contributed by atoms with Crippen molar-refractivity contribution in [3.63, 3.8) is 0 Å². The fraction of sp³-hybridized carbons (Fsp3) is 0.636. The Kier molecular flexibility index (Phi) is 5.74. The molecule has 4 nitrogen and oxygen atoms in total. The minimum Gasteiger partial charge on any atom is -0.326 e. The van der Waals surface area contributed by atoms with Crippen molar-refractivity contribution in [2.45, 2.75) is 24.3 Å². The first-order valence-electron chi connectivity index (χ1n) is 6.08. The van der Waals surface area contributed by atoms with Gasteiger partial charge in [0, 0.05) is 18.0 Å². The van der Waals surface area contributed by atoms with Crippen LogP contribution in [0.15, 0.2) is 14.7 Å². The van der Waals surface area contributed by atoms with Crippen molar-refractivity contribution in [2.75, 3.05) is 18.1 Å². The molecule has 1 aromatic rings. The first kappa shape index (κ1) is 15.8. The summed E-state index contributed by atoms with van der Waals surface area (Å²) >= 11 is 6.61. The van der Waals surface area contributed by atoms with E-state index < -0.39 is 10.0 Å². The molecule has 1 fully saturated rings. The Morgan fingerprint density at radius 2 is 2.11 bits per heavy atom. The van der Waals surface area contributed by atoms with Crippen LogP contribution in [0.1, 0.15) is 17.7 Å². The van der Waals surface area contributed by atoms with E-state index in [1.54, 1.807) is 6.07 Å². The van der Waals surface area contributed by atoms with Crippen molar-refractivity contribution in [3.05, 3.63) is 14.7 Å². The van der Waals surface area contributed by atoms with E-state index in [-0.39, 0.29) is 0 Å². The molecule has 3 N–H and O–H groups in total. The van der Waals surface area contributed by atoms with Gasteiger partial charge in [0.15, 0.2) is 0 Å². The van der Waals surface area contributed by atoms with Gasteiger partial charge in [-0.15, -0.1) is 11.3 Å². The van der Waals surface area contributed by atoms with E-state index >= 15 is 0 Å². The van der Waals surface area contributed by atoms with Gasteiger partial charge in [0.1, 0.15) is 4.90 Å². The molecule has 0 unspecified atom stereocenters. The summed E-state index contributed by atoms with van der Waals surface area (Å²) in [5.41, 5.74) is 5.54. The van der Waals surface area contributed by atoms with Crippen LogP contribution in [0.2, 0.25) is 0 Å². The molecule has 2 rings (SSSR count). The second-order valence-electron chi connectivity index (χ2n) is 4.46. The fourth-order valence-corrected chi connectivity index (χ4v) is 6.82. The number of sulfonamides is 1. The van der Waals surface area contributed by atoms with Crippen LogP contribution in [-0.4, -0.2) is 26.5 Å². The Morgan fingerprint density at radius 3 is 2.68 bits per heavy atom. The van der Waals surface area contributed by atoms with Gasteiger partial charge in [0.2, 0.25) is 10.0 Å². The summed E-state index contributed by atoms with van der Waals surface area (Å²) in [5, 5.41) is 0. The molecule has 1 aromatic heterocycles. The van der Waals surface area contributed by atoms with E-state index in [0.29, 0.717) is 27.7 Å². The molecule has 8 heteroatoms. The maximum Gasteiger partial charge on any atom is 0.242 e. The number of hydrogen-bond acceptors (Lipinski definition) is 5. The normalized spacial score (nSPS) is 17.8. The van der Waals surface area contributed by atoms with Crippen LogP contribution >= 0.6 is 39.0 Å². The summed E-state index contributed by atoms with van der Waals surface area (Å²) in [4.78, 5) is 1.17. The summed E-state index contributed by atoms with van der Waals surface area (Å²) in [6.45, 7) is 0.891. The highest BCUT2D eigenvalue weighted by molar-refractivity contribution is 9.11. The second-order valence-corrected chi connectivity index (χ2v) is 9.88. The predicted molar refractivity (Wildman–Crippen MR) is 85.1 cm³/mol. The zero-order valence-electron chi connectivity index (χ0n) is 10.4. The van der Waals surface area contributed by atoms with Crippen LogP contribution in [0, 0.1) is 5.92 Å². The van der Waals surface area contributed by atoms with Gasteiger partial charge in [-0.05, 0) is 52.3 Å². The lowest BCUT2D eigenvalue weighted by Crippen LogP contribution is -2.31. The third kappa shape index (κ3) is 4.18. The van der Waals surface area contributed by atoms with Crippen LogP contribution in [-0.2, 0) is 16.6 Å². The molecule has 2 heterocycles. The van der Waals surface area contributed by atoms with Gasteiger partial charge in [0.05, 0.1) is 3.79 Å². The fourth-order valence-electron chi connectivity index (χ4n) is 1.94. The highest BCUT2D eigenvalue weighted by atomic mass is 79.9. The van der Waals surface area contributed by atoms with E-state index in [1.807, 2.05) is 11.8 Å². The van der Waals surface area contributed by atoms with E-state index in [9.17, 15) is 8.42 Å². The average molecular weight is 385 g/mol. The smallest absolute Gasteiger partial charge is 0.242 e. The monoisotopic (exact) mass is 384 g/mol. The van der Waals surface area contributed by atoms with Crippen molar-refractivity contribution in [1.82, 2.24) is 4.72 Å². The van der Waals surface area contributed by atoms with Gasteiger partial charge >= 0.3 is 0 Å². The summed E-state index contributed by atoms with van der Waals surface area (Å²) in [7, 11) is -3.43. The minimum absolute atomic E-state index is 0.308. The van der Waals surface area contributed by atoms with Crippen LogP contribution in [0.3, 0.4) is 0 Å². The van der Waals surface area contributed by atoms with Crippen molar-refractivity contribution in [3.8, 4) is 0 Å². The number of rotatable bonds is 5. The lowest BCUT2D eigenvalue weighted by atomic mass is 10.0. The summed E-state index contributed by atoms with van der Waals surface area (Å²) < 4.78 is 27.8. The largest absolute Gasteiger partial charge is 0.326 e. The molecule has 0 amide bonds. The molecule has 1 aliphatic rings. The Hall–Kier alpha value is 0.400. The topological polar surface area (TPSA) is 72.2 Å². The van der Waals surface area contributed by atoms with Crippen LogP contribution in [0.4, 0.5) is 0 Å². The van der Waals surface area contributed by atoms with E-state index in [0.717, 1.165) is 29.2 Å². The first-order valence-corrected chi connectivity index (χ1v) is 10.3. The SMILES string of the molecule is NCc1cc(S(=O)(=O)NCC2CCSCC2)c(Br)s1. The molecule has 108 valence electrons. The van der Waals surface area contributed by atoms with Crippen LogP contribution in [0.25, 0.3) is 0 Å². The third-order valence-corrected chi connectivity index (χ3v) is 7.85. The van der Waals surface area contributed by atoms with Gasteiger partial charge in [-0.1, -0.05) is 0 Å². The number of nitrogens with one attached hydrogen (secondary N) is 1. The Labute approximate surface area is 130 Å². The van der Waals surface area contributed by atoms with E-state index in [2.05, 4.69) is 20.7 Å². The zero-order valence-corrected chi connectivity index (χ0v) is 14.4. The summed E-state index contributed by atoms with van der Waals surface area (Å²) in [6, 6.07) is 1.65. The molecular formula is C11H17BrN2O2S3. The number of thioether (sulfide) groups is 1. The van der Waals surface area contributed by atoms with Crippen LogP contribution in [0.5, 0.6) is 0 Å². The van der Waals surface area contributed by atoms with Gasteiger partial charge in [-0.3, -0.25) is 0 Å². The highest BCUT2D eigenvalue weighted by Gasteiger charge is 2.22.